The van der Waals surface area contributed by atoms with Crippen LogP contribution in [0.2, 0.25) is 0 Å². The van der Waals surface area contributed by atoms with Crippen LogP contribution in [0.15, 0.2) is 24.3 Å². The highest BCUT2D eigenvalue weighted by Gasteiger charge is 2.33. The Morgan fingerprint density at radius 1 is 1.32 bits per heavy atom. The van der Waals surface area contributed by atoms with Crippen molar-refractivity contribution in [2.75, 3.05) is 38.3 Å². The van der Waals surface area contributed by atoms with E-state index in [2.05, 4.69) is 43.1 Å². The Hall–Kier alpha value is -1.06. The van der Waals surface area contributed by atoms with Crippen LogP contribution in [0.5, 0.6) is 0 Å². The molecule has 0 bridgehead atoms. The lowest BCUT2D eigenvalue weighted by atomic mass is 9.83. The van der Waals surface area contributed by atoms with Crippen molar-refractivity contribution >= 4 is 5.69 Å². The summed E-state index contributed by atoms with van der Waals surface area (Å²) in [7, 11) is 2.09. The van der Waals surface area contributed by atoms with E-state index in [1.165, 1.54) is 11.3 Å². The van der Waals surface area contributed by atoms with Crippen molar-refractivity contribution in [3.05, 3.63) is 29.8 Å². The Labute approximate surface area is 116 Å². The average Bonchev–Trinajstić information content (AvgIpc) is 2.48. The van der Waals surface area contributed by atoms with Gasteiger partial charge in [0.25, 0.3) is 0 Å². The fraction of sp³-hybridized carbons (Fsp3) is 0.625. The SMILES string of the molecule is CCc1ccc(N(C)CC2(CO)CCCOC2)cc1. The van der Waals surface area contributed by atoms with E-state index in [0.717, 1.165) is 32.4 Å². The van der Waals surface area contributed by atoms with Crippen LogP contribution in [-0.2, 0) is 11.2 Å². The van der Waals surface area contributed by atoms with Gasteiger partial charge in [0.1, 0.15) is 0 Å². The molecule has 1 aliphatic rings. The Balaban J connectivity index is 2.03. The Morgan fingerprint density at radius 2 is 2.05 bits per heavy atom. The molecule has 1 N–H and O–H groups in total. The monoisotopic (exact) mass is 263 g/mol. The van der Waals surface area contributed by atoms with Crippen LogP contribution in [0, 0.1) is 5.41 Å². The van der Waals surface area contributed by atoms with Gasteiger partial charge in [-0.15, -0.1) is 0 Å². The molecule has 0 amide bonds. The zero-order valence-electron chi connectivity index (χ0n) is 12.1. The highest BCUT2D eigenvalue weighted by Crippen LogP contribution is 2.30. The third-order valence-corrected chi connectivity index (χ3v) is 4.10. The van der Waals surface area contributed by atoms with E-state index < -0.39 is 0 Å². The fourth-order valence-electron chi connectivity index (χ4n) is 2.79. The molecule has 0 spiro atoms. The Morgan fingerprint density at radius 3 is 2.58 bits per heavy atom. The first-order valence-electron chi connectivity index (χ1n) is 7.18. The molecule has 0 saturated carbocycles. The van der Waals surface area contributed by atoms with Crippen LogP contribution in [0.1, 0.15) is 25.3 Å². The molecule has 0 radical (unpaired) electrons. The van der Waals surface area contributed by atoms with Gasteiger partial charge in [-0.2, -0.15) is 0 Å². The molecule has 106 valence electrons. The van der Waals surface area contributed by atoms with Crippen molar-refractivity contribution < 1.29 is 9.84 Å². The molecule has 1 saturated heterocycles. The number of hydrogen-bond donors (Lipinski definition) is 1. The van der Waals surface area contributed by atoms with Crippen molar-refractivity contribution in [1.82, 2.24) is 0 Å². The third kappa shape index (κ3) is 3.48. The molecule has 1 fully saturated rings. The lowest BCUT2D eigenvalue weighted by Gasteiger charge is -2.39. The maximum Gasteiger partial charge on any atom is 0.0561 e. The number of anilines is 1. The smallest absolute Gasteiger partial charge is 0.0561 e. The number of rotatable bonds is 5. The highest BCUT2D eigenvalue weighted by molar-refractivity contribution is 5.47. The molecule has 2 rings (SSSR count). The summed E-state index contributed by atoms with van der Waals surface area (Å²) in [5.41, 5.74) is 2.46. The predicted molar refractivity (Wildman–Crippen MR) is 78.7 cm³/mol. The number of benzene rings is 1. The van der Waals surface area contributed by atoms with Gasteiger partial charge >= 0.3 is 0 Å². The molecule has 19 heavy (non-hydrogen) atoms. The summed E-state index contributed by atoms with van der Waals surface area (Å²) in [6.07, 6.45) is 3.16. The van der Waals surface area contributed by atoms with Crippen molar-refractivity contribution in [3.63, 3.8) is 0 Å². The van der Waals surface area contributed by atoms with Gasteiger partial charge in [0.05, 0.1) is 13.2 Å². The van der Waals surface area contributed by atoms with Crippen LogP contribution >= 0.6 is 0 Å². The van der Waals surface area contributed by atoms with Gasteiger partial charge in [0.2, 0.25) is 0 Å². The van der Waals surface area contributed by atoms with Gasteiger partial charge in [0.15, 0.2) is 0 Å². The van der Waals surface area contributed by atoms with Gasteiger partial charge in [-0.05, 0) is 37.0 Å². The summed E-state index contributed by atoms with van der Waals surface area (Å²) >= 11 is 0. The molecule has 3 nitrogen and oxygen atoms in total. The molecule has 1 aromatic rings. The number of aliphatic hydroxyl groups excluding tert-OH is 1. The van der Waals surface area contributed by atoms with Crippen molar-refractivity contribution in [2.45, 2.75) is 26.2 Å². The molecule has 1 aliphatic heterocycles. The average molecular weight is 263 g/mol. The summed E-state index contributed by atoms with van der Waals surface area (Å²) in [6, 6.07) is 8.67. The minimum absolute atomic E-state index is 0.101. The Kier molecular flexibility index (Phi) is 4.83. The van der Waals surface area contributed by atoms with Gasteiger partial charge in [0, 0.05) is 31.3 Å². The summed E-state index contributed by atoms with van der Waals surface area (Å²) in [4.78, 5) is 2.23. The van der Waals surface area contributed by atoms with E-state index in [1.54, 1.807) is 0 Å². The molecule has 3 heteroatoms. The van der Waals surface area contributed by atoms with Gasteiger partial charge in [-0.1, -0.05) is 19.1 Å². The summed E-state index contributed by atoms with van der Waals surface area (Å²) in [5.74, 6) is 0. The second kappa shape index (κ2) is 6.40. The first-order valence-corrected chi connectivity index (χ1v) is 7.18. The van der Waals surface area contributed by atoms with E-state index in [1.807, 2.05) is 0 Å². The molecule has 1 unspecified atom stereocenters. The number of hydrogen-bond acceptors (Lipinski definition) is 3. The van der Waals surface area contributed by atoms with Gasteiger partial charge < -0.3 is 14.7 Å². The van der Waals surface area contributed by atoms with Crippen LogP contribution in [0.25, 0.3) is 0 Å². The maximum atomic E-state index is 9.71. The number of aryl methyl sites for hydroxylation is 1. The lowest BCUT2D eigenvalue weighted by Crippen LogP contribution is -2.44. The third-order valence-electron chi connectivity index (χ3n) is 4.10. The number of ether oxygens (including phenoxy) is 1. The van der Waals surface area contributed by atoms with Gasteiger partial charge in [-0.3, -0.25) is 0 Å². The molecular formula is C16H25NO2. The topological polar surface area (TPSA) is 32.7 Å². The molecule has 1 atom stereocenters. The molecule has 0 aromatic heterocycles. The first-order chi connectivity index (χ1) is 9.19. The molecule has 1 heterocycles. The van der Waals surface area contributed by atoms with Crippen LogP contribution in [0.3, 0.4) is 0 Å². The molecular weight excluding hydrogens is 238 g/mol. The minimum atomic E-state index is -0.101. The number of aliphatic hydroxyl groups is 1. The van der Waals surface area contributed by atoms with E-state index in [9.17, 15) is 5.11 Å². The maximum absolute atomic E-state index is 9.71. The van der Waals surface area contributed by atoms with Crippen molar-refractivity contribution in [2.24, 2.45) is 5.41 Å². The molecule has 1 aromatic carbocycles. The normalized spacial score (nSPS) is 23.3. The van der Waals surface area contributed by atoms with E-state index in [0.29, 0.717) is 6.61 Å². The minimum Gasteiger partial charge on any atom is -0.396 e. The predicted octanol–water partition coefficient (Wildman–Crippen LogP) is 2.47. The summed E-state index contributed by atoms with van der Waals surface area (Å²) in [6.45, 7) is 4.70. The van der Waals surface area contributed by atoms with E-state index in [-0.39, 0.29) is 12.0 Å². The van der Waals surface area contributed by atoms with Crippen LogP contribution < -0.4 is 4.90 Å². The second-order valence-electron chi connectivity index (χ2n) is 5.69. The largest absolute Gasteiger partial charge is 0.396 e. The quantitative estimate of drug-likeness (QED) is 0.886. The standard InChI is InChI=1S/C16H25NO2/c1-3-14-5-7-15(8-6-14)17(2)11-16(12-18)9-4-10-19-13-16/h5-8,18H,3-4,9-13H2,1-2H3. The highest BCUT2D eigenvalue weighted by atomic mass is 16.5. The fourth-order valence-corrected chi connectivity index (χ4v) is 2.79. The summed E-state index contributed by atoms with van der Waals surface area (Å²) < 4.78 is 5.56. The van der Waals surface area contributed by atoms with Crippen LogP contribution in [-0.4, -0.2) is 38.5 Å². The van der Waals surface area contributed by atoms with Crippen molar-refractivity contribution in [1.29, 1.82) is 0 Å². The first kappa shape index (κ1) is 14.4. The summed E-state index contributed by atoms with van der Waals surface area (Å²) in [5, 5.41) is 9.71. The Bertz CT molecular complexity index is 382. The van der Waals surface area contributed by atoms with Gasteiger partial charge in [-0.25, -0.2) is 0 Å². The zero-order chi connectivity index (χ0) is 13.7. The number of nitrogens with zero attached hydrogens (tertiary/aromatic N) is 1. The molecule has 0 aliphatic carbocycles. The zero-order valence-corrected chi connectivity index (χ0v) is 12.1. The van der Waals surface area contributed by atoms with E-state index >= 15 is 0 Å². The van der Waals surface area contributed by atoms with Crippen molar-refractivity contribution in [3.8, 4) is 0 Å². The van der Waals surface area contributed by atoms with Crippen LogP contribution in [0.4, 0.5) is 5.69 Å². The second-order valence-corrected chi connectivity index (χ2v) is 5.69. The van der Waals surface area contributed by atoms with E-state index in [4.69, 9.17) is 4.74 Å². The lowest BCUT2D eigenvalue weighted by molar-refractivity contribution is -0.0331.